The highest BCUT2D eigenvalue weighted by molar-refractivity contribution is 5.94. The summed E-state index contributed by atoms with van der Waals surface area (Å²) in [7, 11) is 0. The third-order valence-corrected chi connectivity index (χ3v) is 6.25. The molecule has 0 aliphatic carbocycles. The van der Waals surface area contributed by atoms with Crippen LogP contribution in [0.1, 0.15) is 79.7 Å². The molecule has 1 aromatic carbocycles. The lowest BCUT2D eigenvalue weighted by atomic mass is 9.64. The fourth-order valence-corrected chi connectivity index (χ4v) is 4.51. The zero-order valence-corrected chi connectivity index (χ0v) is 19.8. The fourth-order valence-electron chi connectivity index (χ4n) is 4.51. The highest BCUT2D eigenvalue weighted by atomic mass is 16.5. The third kappa shape index (κ3) is 6.56. The van der Waals surface area contributed by atoms with E-state index in [9.17, 15) is 9.59 Å². The summed E-state index contributed by atoms with van der Waals surface area (Å²) in [5, 5.41) is 0. The highest BCUT2D eigenvalue weighted by Gasteiger charge is 2.43. The van der Waals surface area contributed by atoms with Crippen LogP contribution in [0.5, 0.6) is 5.75 Å². The van der Waals surface area contributed by atoms with E-state index in [0.717, 1.165) is 37.2 Å². The van der Waals surface area contributed by atoms with E-state index in [0.29, 0.717) is 18.9 Å². The maximum absolute atomic E-state index is 13.0. The molecule has 1 atom stereocenters. The molecule has 168 valence electrons. The first-order valence-electron chi connectivity index (χ1n) is 11.1. The summed E-state index contributed by atoms with van der Waals surface area (Å²) in [4.78, 5) is 26.6. The molecule has 1 aromatic rings. The Morgan fingerprint density at radius 2 is 1.77 bits per heavy atom. The number of nitrogens with zero attached hydrogens (tertiary/aromatic N) is 1. The van der Waals surface area contributed by atoms with Crippen LogP contribution in [0.4, 0.5) is 0 Å². The van der Waals surface area contributed by atoms with Crippen LogP contribution in [0, 0.1) is 11.3 Å². The minimum atomic E-state index is -0.214. The standard InChI is InChI=1S/C25H39NO4/c1-18(2)25(14-15-29-24(6,7)17-25)13-12-23(28)26(20(5)27)16-21-8-10-22(11-9-21)30-19(3)4/h8-11,18-19H,12-17H2,1-7H3/t25-/m0/s1. The molecule has 1 heterocycles. The Kier molecular flexibility index (Phi) is 8.09. The molecular weight excluding hydrogens is 378 g/mol. The van der Waals surface area contributed by atoms with Crippen molar-refractivity contribution in [3.63, 3.8) is 0 Å². The highest BCUT2D eigenvalue weighted by Crippen LogP contribution is 2.47. The first kappa shape index (κ1) is 24.4. The molecule has 1 fully saturated rings. The molecule has 5 nitrogen and oxygen atoms in total. The lowest BCUT2D eigenvalue weighted by Gasteiger charge is -2.48. The van der Waals surface area contributed by atoms with Crippen LogP contribution in [-0.4, -0.2) is 35.0 Å². The molecule has 1 aliphatic heterocycles. The van der Waals surface area contributed by atoms with Crippen molar-refractivity contribution >= 4 is 11.8 Å². The first-order chi connectivity index (χ1) is 13.9. The van der Waals surface area contributed by atoms with Crippen LogP contribution in [0.2, 0.25) is 0 Å². The number of ether oxygens (including phenoxy) is 2. The molecule has 0 saturated carbocycles. The molecule has 0 bridgehead atoms. The Morgan fingerprint density at radius 3 is 2.27 bits per heavy atom. The van der Waals surface area contributed by atoms with Gasteiger partial charge in [0, 0.05) is 20.0 Å². The zero-order valence-electron chi connectivity index (χ0n) is 19.8. The van der Waals surface area contributed by atoms with Crippen molar-refractivity contribution in [2.24, 2.45) is 11.3 Å². The summed E-state index contributed by atoms with van der Waals surface area (Å²) < 4.78 is 11.6. The van der Waals surface area contributed by atoms with E-state index in [4.69, 9.17) is 9.47 Å². The van der Waals surface area contributed by atoms with Crippen LogP contribution in [0.15, 0.2) is 24.3 Å². The van der Waals surface area contributed by atoms with Gasteiger partial charge >= 0.3 is 0 Å². The summed E-state index contributed by atoms with van der Waals surface area (Å²) in [6.07, 6.45) is 3.15. The molecular formula is C25H39NO4. The van der Waals surface area contributed by atoms with Crippen molar-refractivity contribution in [3.8, 4) is 5.75 Å². The number of hydrogen-bond acceptors (Lipinski definition) is 4. The van der Waals surface area contributed by atoms with Crippen molar-refractivity contribution in [1.29, 1.82) is 0 Å². The normalized spacial score (nSPS) is 21.0. The molecule has 0 radical (unpaired) electrons. The molecule has 30 heavy (non-hydrogen) atoms. The van der Waals surface area contributed by atoms with Gasteiger partial charge in [-0.1, -0.05) is 26.0 Å². The van der Waals surface area contributed by atoms with Crippen LogP contribution >= 0.6 is 0 Å². The summed E-state index contributed by atoms with van der Waals surface area (Å²) in [6, 6.07) is 7.60. The third-order valence-electron chi connectivity index (χ3n) is 6.25. The van der Waals surface area contributed by atoms with E-state index in [2.05, 4.69) is 27.7 Å². The molecule has 0 spiro atoms. The molecule has 0 unspecified atom stereocenters. The monoisotopic (exact) mass is 417 g/mol. The van der Waals surface area contributed by atoms with E-state index in [1.54, 1.807) is 0 Å². The van der Waals surface area contributed by atoms with Crippen molar-refractivity contribution in [1.82, 2.24) is 4.90 Å². The quantitative estimate of drug-likeness (QED) is 0.571. The average Bonchev–Trinajstić information content (AvgIpc) is 2.64. The Balaban J connectivity index is 2.05. The summed E-state index contributed by atoms with van der Waals surface area (Å²) in [6.45, 7) is 15.1. The van der Waals surface area contributed by atoms with Crippen molar-refractivity contribution < 1.29 is 19.1 Å². The molecule has 1 saturated heterocycles. The number of imide groups is 1. The minimum absolute atomic E-state index is 0.0652. The largest absolute Gasteiger partial charge is 0.491 e. The Morgan fingerprint density at radius 1 is 1.13 bits per heavy atom. The van der Waals surface area contributed by atoms with Gasteiger partial charge in [-0.3, -0.25) is 14.5 Å². The van der Waals surface area contributed by atoms with Gasteiger partial charge in [0.1, 0.15) is 5.75 Å². The minimum Gasteiger partial charge on any atom is -0.491 e. The lowest BCUT2D eigenvalue weighted by Crippen LogP contribution is -2.45. The second-order valence-electron chi connectivity index (χ2n) is 9.86. The maximum Gasteiger partial charge on any atom is 0.229 e. The van der Waals surface area contributed by atoms with Gasteiger partial charge in [-0.2, -0.15) is 0 Å². The van der Waals surface area contributed by atoms with Gasteiger partial charge in [-0.05, 0) is 76.0 Å². The van der Waals surface area contributed by atoms with Gasteiger partial charge < -0.3 is 9.47 Å². The number of rotatable bonds is 8. The van der Waals surface area contributed by atoms with Gasteiger partial charge in [0.25, 0.3) is 0 Å². The van der Waals surface area contributed by atoms with E-state index >= 15 is 0 Å². The van der Waals surface area contributed by atoms with Gasteiger partial charge in [-0.25, -0.2) is 0 Å². The number of carbonyl (C=O) groups is 2. The smallest absolute Gasteiger partial charge is 0.229 e. The molecule has 0 aromatic heterocycles. The van der Waals surface area contributed by atoms with Gasteiger partial charge in [0.05, 0.1) is 18.2 Å². The maximum atomic E-state index is 13.0. The lowest BCUT2D eigenvalue weighted by molar-refractivity contribution is -0.147. The Labute approximate surface area is 182 Å². The fraction of sp³-hybridized carbons (Fsp3) is 0.680. The van der Waals surface area contributed by atoms with Gasteiger partial charge in [-0.15, -0.1) is 0 Å². The predicted octanol–water partition coefficient (Wildman–Crippen LogP) is 5.36. The number of amides is 2. The SMILES string of the molecule is CC(=O)N(Cc1ccc(OC(C)C)cc1)C(=O)CC[C@]1(C(C)C)CCOC(C)(C)C1. The van der Waals surface area contributed by atoms with Crippen LogP contribution in [0.25, 0.3) is 0 Å². The molecule has 0 N–H and O–H groups in total. The number of carbonyl (C=O) groups excluding carboxylic acids is 2. The van der Waals surface area contributed by atoms with Crippen molar-refractivity contribution in [2.75, 3.05) is 6.61 Å². The molecule has 2 rings (SSSR count). The Hall–Kier alpha value is -1.88. The summed E-state index contributed by atoms with van der Waals surface area (Å²) in [5.74, 6) is 0.922. The van der Waals surface area contributed by atoms with E-state index < -0.39 is 0 Å². The van der Waals surface area contributed by atoms with Gasteiger partial charge in [0.15, 0.2) is 0 Å². The zero-order chi connectivity index (χ0) is 22.5. The van der Waals surface area contributed by atoms with Crippen LogP contribution in [-0.2, 0) is 20.9 Å². The number of hydrogen-bond donors (Lipinski definition) is 0. The van der Waals surface area contributed by atoms with Crippen molar-refractivity contribution in [3.05, 3.63) is 29.8 Å². The summed E-state index contributed by atoms with van der Waals surface area (Å²) in [5.41, 5.74) is 0.807. The number of benzene rings is 1. The predicted molar refractivity (Wildman–Crippen MR) is 119 cm³/mol. The molecule has 1 aliphatic rings. The average molecular weight is 418 g/mol. The van der Waals surface area contributed by atoms with Crippen LogP contribution < -0.4 is 4.74 Å². The summed E-state index contributed by atoms with van der Waals surface area (Å²) >= 11 is 0. The molecule has 2 amide bonds. The topological polar surface area (TPSA) is 55.8 Å². The van der Waals surface area contributed by atoms with Crippen molar-refractivity contribution in [2.45, 2.75) is 92.4 Å². The van der Waals surface area contributed by atoms with Crippen LogP contribution in [0.3, 0.4) is 0 Å². The first-order valence-corrected chi connectivity index (χ1v) is 11.1. The van der Waals surface area contributed by atoms with E-state index in [1.165, 1.54) is 11.8 Å². The second-order valence-corrected chi connectivity index (χ2v) is 9.86. The van der Waals surface area contributed by atoms with E-state index in [1.807, 2.05) is 38.1 Å². The Bertz CT molecular complexity index is 723. The van der Waals surface area contributed by atoms with E-state index in [-0.39, 0.29) is 28.9 Å². The van der Waals surface area contributed by atoms with Gasteiger partial charge in [0.2, 0.25) is 11.8 Å². The molecule has 5 heteroatoms. The second kappa shape index (κ2) is 9.95.